The van der Waals surface area contributed by atoms with E-state index in [0.29, 0.717) is 11.7 Å². The Kier molecular flexibility index (Phi) is 6.08. The third-order valence-electron chi connectivity index (χ3n) is 2.57. The summed E-state index contributed by atoms with van der Waals surface area (Å²) in [4.78, 5) is 0. The second-order valence-corrected chi connectivity index (χ2v) is 10.9. The fourth-order valence-corrected chi connectivity index (χ4v) is 3.79. The van der Waals surface area contributed by atoms with Crippen LogP contribution in [0.4, 0.5) is 0 Å². The van der Waals surface area contributed by atoms with Crippen LogP contribution in [0, 0.1) is 0 Å². The highest BCUT2D eigenvalue weighted by Crippen LogP contribution is 2.26. The summed E-state index contributed by atoms with van der Waals surface area (Å²) in [5.74, 6) is 0.895. The zero-order valence-corrected chi connectivity index (χ0v) is 12.1. The van der Waals surface area contributed by atoms with E-state index in [2.05, 4.69) is 25.4 Å². The number of aromatic hydroxyl groups is 1. The third-order valence-corrected chi connectivity index (χ3v) is 4.29. The molecular formula is C12H22ClNOSi. The van der Waals surface area contributed by atoms with Gasteiger partial charge in [-0.05, 0) is 23.7 Å². The Morgan fingerprint density at radius 3 is 2.06 bits per heavy atom. The molecule has 2 nitrogen and oxygen atoms in total. The standard InChI is InChI=1S/C12H21NOSi.ClH/c1-15(2,3)9-11(8-13)10-4-6-12(14)7-5-10;/h4-7,11,14H,8-9,13H2,1-3H3;1H/t11-;/m0./s1. The van der Waals surface area contributed by atoms with E-state index in [1.54, 1.807) is 12.1 Å². The molecule has 0 saturated heterocycles. The number of quaternary nitrogens is 1. The number of hydrogen-bond acceptors (Lipinski definition) is 1. The summed E-state index contributed by atoms with van der Waals surface area (Å²) in [5.41, 5.74) is 5.34. The monoisotopic (exact) mass is 259 g/mol. The molecule has 0 aromatic heterocycles. The first-order valence-electron chi connectivity index (χ1n) is 5.50. The van der Waals surface area contributed by atoms with Crippen molar-refractivity contribution in [3.05, 3.63) is 29.8 Å². The van der Waals surface area contributed by atoms with Gasteiger partial charge in [0.2, 0.25) is 0 Å². The minimum atomic E-state index is -1.04. The van der Waals surface area contributed by atoms with E-state index in [1.165, 1.54) is 11.6 Å². The maximum atomic E-state index is 9.24. The van der Waals surface area contributed by atoms with Crippen LogP contribution in [0.3, 0.4) is 0 Å². The lowest BCUT2D eigenvalue weighted by Gasteiger charge is -2.22. The van der Waals surface area contributed by atoms with Gasteiger partial charge in [0.25, 0.3) is 0 Å². The van der Waals surface area contributed by atoms with Crippen LogP contribution in [0.15, 0.2) is 24.3 Å². The van der Waals surface area contributed by atoms with Crippen molar-refractivity contribution >= 4 is 8.07 Å². The molecule has 0 aliphatic heterocycles. The molecule has 0 fully saturated rings. The zero-order valence-electron chi connectivity index (χ0n) is 10.3. The first-order valence-corrected chi connectivity index (χ1v) is 9.21. The lowest BCUT2D eigenvalue weighted by molar-refractivity contribution is -0.371. The SMILES string of the molecule is C[Si](C)(C)C[C@H](C[NH3+])c1ccc(O)cc1.[Cl-]. The molecule has 1 aromatic rings. The minimum Gasteiger partial charge on any atom is -1.00 e. The van der Waals surface area contributed by atoms with Gasteiger partial charge in [-0.25, -0.2) is 0 Å². The molecule has 92 valence electrons. The van der Waals surface area contributed by atoms with Gasteiger partial charge in [0.05, 0.1) is 6.54 Å². The van der Waals surface area contributed by atoms with Gasteiger partial charge in [-0.15, -0.1) is 0 Å². The van der Waals surface area contributed by atoms with E-state index in [4.69, 9.17) is 0 Å². The Balaban J connectivity index is 0.00000225. The minimum absolute atomic E-state index is 0. The number of halogens is 1. The zero-order chi connectivity index (χ0) is 11.5. The van der Waals surface area contributed by atoms with E-state index in [-0.39, 0.29) is 12.4 Å². The molecule has 0 bridgehead atoms. The quantitative estimate of drug-likeness (QED) is 0.674. The fourth-order valence-electron chi connectivity index (χ4n) is 1.87. The molecule has 0 aliphatic rings. The van der Waals surface area contributed by atoms with Crippen LogP contribution in [0.2, 0.25) is 25.7 Å². The van der Waals surface area contributed by atoms with Crippen LogP contribution in [0.1, 0.15) is 11.5 Å². The Labute approximate surface area is 105 Å². The molecular weight excluding hydrogens is 238 g/mol. The summed E-state index contributed by atoms with van der Waals surface area (Å²) < 4.78 is 0. The van der Waals surface area contributed by atoms with Gasteiger partial charge < -0.3 is 23.2 Å². The maximum Gasteiger partial charge on any atom is 0.115 e. The Bertz CT molecular complexity index is 308. The maximum absolute atomic E-state index is 9.24. The van der Waals surface area contributed by atoms with Crippen LogP contribution in [-0.4, -0.2) is 19.7 Å². The van der Waals surface area contributed by atoms with Gasteiger partial charge in [-0.1, -0.05) is 31.8 Å². The van der Waals surface area contributed by atoms with Crippen molar-refractivity contribution in [2.24, 2.45) is 0 Å². The Morgan fingerprint density at radius 1 is 1.19 bits per heavy atom. The summed E-state index contributed by atoms with van der Waals surface area (Å²) in [6.07, 6.45) is 0. The summed E-state index contributed by atoms with van der Waals surface area (Å²) >= 11 is 0. The summed E-state index contributed by atoms with van der Waals surface area (Å²) in [5, 5.41) is 9.24. The lowest BCUT2D eigenvalue weighted by Crippen LogP contribution is -3.00. The van der Waals surface area contributed by atoms with Crippen molar-refractivity contribution in [3.63, 3.8) is 0 Å². The van der Waals surface area contributed by atoms with Gasteiger partial charge in [0.1, 0.15) is 5.75 Å². The molecule has 0 amide bonds. The largest absolute Gasteiger partial charge is 1.00 e. The molecule has 4 N–H and O–H groups in total. The number of rotatable bonds is 4. The van der Waals surface area contributed by atoms with E-state index in [0.717, 1.165) is 6.54 Å². The van der Waals surface area contributed by atoms with Crippen molar-refractivity contribution in [1.29, 1.82) is 0 Å². The molecule has 1 atom stereocenters. The van der Waals surface area contributed by atoms with Crippen molar-refractivity contribution in [1.82, 2.24) is 0 Å². The average Bonchev–Trinajstić information content (AvgIpc) is 2.14. The highest BCUT2D eigenvalue weighted by atomic mass is 35.5. The Hall–Kier alpha value is -0.513. The van der Waals surface area contributed by atoms with Crippen molar-refractivity contribution in [2.75, 3.05) is 6.54 Å². The third kappa shape index (κ3) is 5.01. The normalized spacial score (nSPS) is 13.0. The predicted molar refractivity (Wildman–Crippen MR) is 66.8 cm³/mol. The number of hydrogen-bond donors (Lipinski definition) is 2. The highest BCUT2D eigenvalue weighted by Gasteiger charge is 2.21. The van der Waals surface area contributed by atoms with Gasteiger partial charge in [-0.2, -0.15) is 0 Å². The second kappa shape index (κ2) is 6.28. The van der Waals surface area contributed by atoms with Crippen LogP contribution in [0.5, 0.6) is 5.75 Å². The summed E-state index contributed by atoms with van der Waals surface area (Å²) in [7, 11) is -1.04. The highest BCUT2D eigenvalue weighted by molar-refractivity contribution is 6.76. The van der Waals surface area contributed by atoms with Gasteiger partial charge in [0.15, 0.2) is 0 Å². The molecule has 1 aromatic carbocycles. The molecule has 4 heteroatoms. The molecule has 0 unspecified atom stereocenters. The molecule has 0 radical (unpaired) electrons. The fraction of sp³-hybridized carbons (Fsp3) is 0.500. The van der Waals surface area contributed by atoms with E-state index >= 15 is 0 Å². The lowest BCUT2D eigenvalue weighted by atomic mass is 10.0. The predicted octanol–water partition coefficient (Wildman–Crippen LogP) is -0.940. The topological polar surface area (TPSA) is 47.9 Å². The summed E-state index contributed by atoms with van der Waals surface area (Å²) in [6.45, 7) is 8.09. The average molecular weight is 260 g/mol. The molecule has 0 spiro atoms. The molecule has 1 rings (SSSR count). The Morgan fingerprint density at radius 2 is 1.69 bits per heavy atom. The van der Waals surface area contributed by atoms with Crippen molar-refractivity contribution in [2.45, 2.75) is 31.6 Å². The van der Waals surface area contributed by atoms with Crippen molar-refractivity contribution in [3.8, 4) is 5.75 Å². The van der Waals surface area contributed by atoms with Crippen LogP contribution in [0.25, 0.3) is 0 Å². The molecule has 0 aliphatic carbocycles. The first-order chi connectivity index (χ1) is 6.92. The number of phenolic OH excluding ortho intramolecular Hbond substituents is 1. The van der Waals surface area contributed by atoms with Gasteiger partial charge in [-0.3, -0.25) is 0 Å². The van der Waals surface area contributed by atoms with E-state index < -0.39 is 8.07 Å². The van der Waals surface area contributed by atoms with Crippen LogP contribution < -0.4 is 18.1 Å². The summed E-state index contributed by atoms with van der Waals surface area (Å²) in [6, 6.07) is 8.84. The van der Waals surface area contributed by atoms with Crippen LogP contribution >= 0.6 is 0 Å². The number of benzene rings is 1. The number of phenols is 1. The molecule has 0 heterocycles. The molecule has 16 heavy (non-hydrogen) atoms. The van der Waals surface area contributed by atoms with Gasteiger partial charge in [0, 0.05) is 14.0 Å². The molecule has 0 saturated carbocycles. The van der Waals surface area contributed by atoms with E-state index in [1.807, 2.05) is 12.1 Å². The second-order valence-electron chi connectivity index (χ2n) is 5.34. The van der Waals surface area contributed by atoms with Gasteiger partial charge >= 0.3 is 0 Å². The van der Waals surface area contributed by atoms with Crippen LogP contribution in [-0.2, 0) is 0 Å². The van der Waals surface area contributed by atoms with Crippen molar-refractivity contribution < 1.29 is 23.2 Å². The van der Waals surface area contributed by atoms with E-state index in [9.17, 15) is 5.11 Å². The first kappa shape index (κ1) is 15.5. The smallest absolute Gasteiger partial charge is 0.115 e.